The fourth-order valence-corrected chi connectivity index (χ4v) is 3.23. The van der Waals surface area contributed by atoms with Crippen LogP contribution in [0.5, 0.6) is 0 Å². The number of carbonyl (C=O) groups excluding carboxylic acids is 1. The molecule has 1 aromatic heterocycles. The topological polar surface area (TPSA) is 32.3 Å². The molecule has 1 unspecified atom stereocenters. The highest BCUT2D eigenvalue weighted by Crippen LogP contribution is 2.34. The van der Waals surface area contributed by atoms with Gasteiger partial charge in [0.15, 0.2) is 0 Å². The third-order valence-electron chi connectivity index (χ3n) is 3.21. The predicted octanol–water partition coefficient (Wildman–Crippen LogP) is 2.41. The van der Waals surface area contributed by atoms with Crippen molar-refractivity contribution in [3.05, 3.63) is 22.4 Å². The Balaban J connectivity index is 1.93. The van der Waals surface area contributed by atoms with E-state index in [1.807, 2.05) is 0 Å². The molecular formula is C13H20N2OS. The van der Waals surface area contributed by atoms with Gasteiger partial charge in [0, 0.05) is 24.4 Å². The van der Waals surface area contributed by atoms with Gasteiger partial charge in [-0.05, 0) is 30.8 Å². The maximum Gasteiger partial charge on any atom is 0.224 e. The van der Waals surface area contributed by atoms with E-state index < -0.39 is 0 Å². The van der Waals surface area contributed by atoms with Crippen LogP contribution in [0.4, 0.5) is 0 Å². The van der Waals surface area contributed by atoms with Crippen molar-refractivity contribution in [1.29, 1.82) is 0 Å². The minimum atomic E-state index is 0.293. The number of hydrogen-bond acceptors (Lipinski definition) is 3. The zero-order valence-electron chi connectivity index (χ0n) is 10.3. The molecule has 1 aliphatic heterocycles. The number of nitrogens with one attached hydrogen (secondary N) is 1. The normalized spacial score (nSPS) is 19.8. The van der Waals surface area contributed by atoms with Crippen LogP contribution in [0, 0.1) is 0 Å². The van der Waals surface area contributed by atoms with Crippen molar-refractivity contribution in [2.75, 3.05) is 19.6 Å². The van der Waals surface area contributed by atoms with E-state index in [-0.39, 0.29) is 0 Å². The van der Waals surface area contributed by atoms with Crippen LogP contribution in [0.1, 0.15) is 37.1 Å². The smallest absolute Gasteiger partial charge is 0.224 e. The maximum atomic E-state index is 12.1. The Morgan fingerprint density at radius 3 is 3.24 bits per heavy atom. The number of thiophene rings is 1. The summed E-state index contributed by atoms with van der Waals surface area (Å²) in [6.07, 6.45) is 2.87. The van der Waals surface area contributed by atoms with Gasteiger partial charge in [0.2, 0.25) is 5.91 Å². The van der Waals surface area contributed by atoms with Gasteiger partial charge in [-0.25, -0.2) is 0 Å². The molecule has 2 heterocycles. The summed E-state index contributed by atoms with van der Waals surface area (Å²) < 4.78 is 0. The molecule has 94 valence electrons. The Bertz CT molecular complexity index is 350. The molecule has 0 saturated carbocycles. The molecule has 17 heavy (non-hydrogen) atoms. The lowest BCUT2D eigenvalue weighted by atomic mass is 10.2. The molecule has 0 aromatic carbocycles. The van der Waals surface area contributed by atoms with Crippen molar-refractivity contribution in [2.24, 2.45) is 0 Å². The standard InChI is InChI=1S/C13H20N2OS/c1-2-14-8-7-13(16)15-9-3-5-11(15)12-6-4-10-17-12/h4,6,10-11,14H,2-3,5,7-9H2,1H3. The molecule has 1 N–H and O–H groups in total. The quantitative estimate of drug-likeness (QED) is 0.816. The molecule has 0 aliphatic carbocycles. The third-order valence-corrected chi connectivity index (χ3v) is 4.18. The lowest BCUT2D eigenvalue weighted by Crippen LogP contribution is -2.32. The van der Waals surface area contributed by atoms with E-state index >= 15 is 0 Å². The number of likely N-dealkylation sites (tertiary alicyclic amines) is 1. The van der Waals surface area contributed by atoms with Gasteiger partial charge in [-0.3, -0.25) is 4.79 Å². The highest BCUT2D eigenvalue weighted by Gasteiger charge is 2.29. The first-order chi connectivity index (χ1) is 8.33. The summed E-state index contributed by atoms with van der Waals surface area (Å²) in [5.74, 6) is 0.293. The average molecular weight is 252 g/mol. The largest absolute Gasteiger partial charge is 0.335 e. The van der Waals surface area contributed by atoms with Crippen LogP contribution < -0.4 is 5.32 Å². The first-order valence-corrected chi connectivity index (χ1v) is 7.24. The van der Waals surface area contributed by atoms with E-state index in [0.717, 1.165) is 32.5 Å². The predicted molar refractivity (Wildman–Crippen MR) is 71.2 cm³/mol. The molecule has 3 nitrogen and oxygen atoms in total. The van der Waals surface area contributed by atoms with Gasteiger partial charge < -0.3 is 10.2 Å². The maximum absolute atomic E-state index is 12.1. The molecular weight excluding hydrogens is 232 g/mol. The molecule has 1 amide bonds. The molecule has 1 saturated heterocycles. The number of rotatable bonds is 5. The van der Waals surface area contributed by atoms with Gasteiger partial charge in [-0.1, -0.05) is 13.0 Å². The molecule has 0 spiro atoms. The number of hydrogen-bond donors (Lipinski definition) is 1. The third kappa shape index (κ3) is 3.07. The van der Waals surface area contributed by atoms with Crippen molar-refractivity contribution in [1.82, 2.24) is 10.2 Å². The molecule has 1 aliphatic rings. The van der Waals surface area contributed by atoms with Crippen LogP contribution in [0.2, 0.25) is 0 Å². The summed E-state index contributed by atoms with van der Waals surface area (Å²) in [5, 5.41) is 5.30. The Kier molecular flexibility index (Phi) is 4.57. The van der Waals surface area contributed by atoms with E-state index in [2.05, 4.69) is 34.7 Å². The van der Waals surface area contributed by atoms with Crippen LogP contribution in [0.3, 0.4) is 0 Å². The molecule has 2 rings (SSSR count). The van der Waals surface area contributed by atoms with Crippen molar-refractivity contribution in [3.8, 4) is 0 Å². The van der Waals surface area contributed by atoms with Crippen molar-refractivity contribution in [3.63, 3.8) is 0 Å². The van der Waals surface area contributed by atoms with E-state index in [9.17, 15) is 4.79 Å². The fraction of sp³-hybridized carbons (Fsp3) is 0.615. The summed E-state index contributed by atoms with van der Waals surface area (Å²) in [5.41, 5.74) is 0. The molecule has 0 bridgehead atoms. The number of amides is 1. The van der Waals surface area contributed by atoms with Crippen LogP contribution in [-0.2, 0) is 4.79 Å². The van der Waals surface area contributed by atoms with E-state index in [1.54, 1.807) is 11.3 Å². The van der Waals surface area contributed by atoms with Gasteiger partial charge in [0.25, 0.3) is 0 Å². The SMILES string of the molecule is CCNCCC(=O)N1CCCC1c1cccs1. The van der Waals surface area contributed by atoms with Crippen molar-refractivity contribution >= 4 is 17.2 Å². The lowest BCUT2D eigenvalue weighted by Gasteiger charge is -2.24. The molecule has 0 radical (unpaired) electrons. The van der Waals surface area contributed by atoms with Crippen LogP contribution in [0.25, 0.3) is 0 Å². The zero-order chi connectivity index (χ0) is 12.1. The van der Waals surface area contributed by atoms with Gasteiger partial charge in [0.1, 0.15) is 0 Å². The highest BCUT2D eigenvalue weighted by atomic mass is 32.1. The first-order valence-electron chi connectivity index (χ1n) is 6.36. The molecule has 1 fully saturated rings. The fourth-order valence-electron chi connectivity index (χ4n) is 2.36. The Hall–Kier alpha value is -0.870. The summed E-state index contributed by atoms with van der Waals surface area (Å²) in [6.45, 7) is 4.72. The Morgan fingerprint density at radius 2 is 2.53 bits per heavy atom. The molecule has 1 aromatic rings. The minimum absolute atomic E-state index is 0.293. The summed E-state index contributed by atoms with van der Waals surface area (Å²) in [4.78, 5) is 15.5. The Labute approximate surface area is 107 Å². The second kappa shape index (κ2) is 6.17. The van der Waals surface area contributed by atoms with Crippen molar-refractivity contribution in [2.45, 2.75) is 32.2 Å². The number of carbonyl (C=O) groups is 1. The van der Waals surface area contributed by atoms with E-state index in [0.29, 0.717) is 18.4 Å². The molecule has 1 atom stereocenters. The second-order valence-corrected chi connectivity index (χ2v) is 5.34. The first kappa shape index (κ1) is 12.6. The van der Waals surface area contributed by atoms with E-state index in [4.69, 9.17) is 0 Å². The average Bonchev–Trinajstić information content (AvgIpc) is 2.99. The lowest BCUT2D eigenvalue weighted by molar-refractivity contribution is -0.131. The summed E-state index contributed by atoms with van der Waals surface area (Å²) >= 11 is 1.76. The number of nitrogens with zero attached hydrogens (tertiary/aromatic N) is 1. The monoisotopic (exact) mass is 252 g/mol. The van der Waals surface area contributed by atoms with Gasteiger partial charge in [-0.2, -0.15) is 0 Å². The summed E-state index contributed by atoms with van der Waals surface area (Å²) in [6, 6.07) is 4.55. The van der Waals surface area contributed by atoms with Gasteiger partial charge >= 0.3 is 0 Å². The second-order valence-electron chi connectivity index (χ2n) is 4.36. The Morgan fingerprint density at radius 1 is 1.65 bits per heavy atom. The zero-order valence-corrected chi connectivity index (χ0v) is 11.1. The van der Waals surface area contributed by atoms with Crippen molar-refractivity contribution < 1.29 is 4.79 Å². The highest BCUT2D eigenvalue weighted by molar-refractivity contribution is 7.10. The van der Waals surface area contributed by atoms with E-state index in [1.165, 1.54) is 4.88 Å². The summed E-state index contributed by atoms with van der Waals surface area (Å²) in [7, 11) is 0. The van der Waals surface area contributed by atoms with Crippen LogP contribution in [0.15, 0.2) is 17.5 Å². The molecule has 4 heteroatoms. The van der Waals surface area contributed by atoms with Crippen LogP contribution >= 0.6 is 11.3 Å². The van der Waals surface area contributed by atoms with Gasteiger partial charge in [-0.15, -0.1) is 11.3 Å². The van der Waals surface area contributed by atoms with Crippen LogP contribution in [-0.4, -0.2) is 30.4 Å². The van der Waals surface area contributed by atoms with Gasteiger partial charge in [0.05, 0.1) is 6.04 Å². The minimum Gasteiger partial charge on any atom is -0.335 e.